The third kappa shape index (κ3) is 3.94. The van der Waals surface area contributed by atoms with Crippen LogP contribution in [-0.4, -0.2) is 55.0 Å². The fourth-order valence-electron chi connectivity index (χ4n) is 3.30. The average Bonchev–Trinajstić information content (AvgIpc) is 2.67. The third-order valence-electron chi connectivity index (χ3n) is 4.83. The molecule has 1 fully saturated rings. The highest BCUT2D eigenvalue weighted by Crippen LogP contribution is 2.45. The van der Waals surface area contributed by atoms with Crippen molar-refractivity contribution in [3.63, 3.8) is 0 Å². The van der Waals surface area contributed by atoms with Gasteiger partial charge < -0.3 is 14.5 Å². The predicted molar refractivity (Wildman–Crippen MR) is 106 cm³/mol. The molecule has 132 valence electrons. The van der Waals surface area contributed by atoms with Crippen LogP contribution in [0.3, 0.4) is 0 Å². The molecular formula is C20H25N3OS. The number of nitrogens with zero attached hydrogens (tertiary/aromatic N) is 3. The Morgan fingerprint density at radius 1 is 0.960 bits per heavy atom. The van der Waals surface area contributed by atoms with Crippen molar-refractivity contribution in [2.75, 3.05) is 44.1 Å². The van der Waals surface area contributed by atoms with Crippen LogP contribution in [0.25, 0.3) is 0 Å². The molecule has 25 heavy (non-hydrogen) atoms. The monoisotopic (exact) mass is 355 g/mol. The zero-order valence-corrected chi connectivity index (χ0v) is 15.5. The first kappa shape index (κ1) is 16.8. The Bertz CT molecular complexity index is 688. The van der Waals surface area contributed by atoms with Gasteiger partial charge in [0.05, 0.1) is 11.4 Å². The van der Waals surface area contributed by atoms with Gasteiger partial charge in [0.25, 0.3) is 0 Å². The van der Waals surface area contributed by atoms with Gasteiger partial charge in [-0.05, 0) is 31.3 Å². The van der Waals surface area contributed by atoms with Crippen molar-refractivity contribution >= 4 is 23.3 Å². The minimum atomic E-state index is 0.148. The zero-order valence-electron chi connectivity index (χ0n) is 14.7. The largest absolute Gasteiger partial charge is 0.476 e. The van der Waals surface area contributed by atoms with Crippen molar-refractivity contribution in [2.45, 2.75) is 11.9 Å². The van der Waals surface area contributed by atoms with E-state index < -0.39 is 0 Å². The molecule has 0 radical (unpaired) electrons. The maximum atomic E-state index is 6.28. The van der Waals surface area contributed by atoms with Crippen LogP contribution in [0, 0.1) is 0 Å². The number of hydrogen-bond acceptors (Lipinski definition) is 5. The molecule has 0 aromatic heterocycles. The summed E-state index contributed by atoms with van der Waals surface area (Å²) < 4.78 is 8.59. The third-order valence-corrected chi connectivity index (χ3v) is 6.02. The Morgan fingerprint density at radius 2 is 1.68 bits per heavy atom. The quantitative estimate of drug-likeness (QED) is 0.774. The smallest absolute Gasteiger partial charge is 0.165 e. The Kier molecular flexibility index (Phi) is 5.15. The maximum Gasteiger partial charge on any atom is 0.165 e. The topological polar surface area (TPSA) is 19.0 Å². The fraction of sp³-hybridized carbons (Fsp3) is 0.400. The van der Waals surface area contributed by atoms with Gasteiger partial charge in [-0.2, -0.15) is 0 Å². The highest BCUT2D eigenvalue weighted by Gasteiger charge is 2.28. The molecule has 0 bridgehead atoms. The number of benzene rings is 2. The molecule has 2 aliphatic heterocycles. The van der Waals surface area contributed by atoms with Crippen molar-refractivity contribution in [2.24, 2.45) is 0 Å². The van der Waals surface area contributed by atoms with Crippen LogP contribution in [0.5, 0.6) is 5.75 Å². The van der Waals surface area contributed by atoms with E-state index in [2.05, 4.69) is 75.8 Å². The molecule has 1 atom stereocenters. The molecule has 0 aliphatic carbocycles. The number of likely N-dealkylation sites (N-methyl/N-ethyl adjacent to an activating group) is 1. The summed E-state index contributed by atoms with van der Waals surface area (Å²) in [5.74, 6) is 0.980. The van der Waals surface area contributed by atoms with E-state index in [4.69, 9.17) is 4.74 Å². The van der Waals surface area contributed by atoms with Crippen LogP contribution in [-0.2, 0) is 0 Å². The average molecular weight is 356 g/mol. The second kappa shape index (κ2) is 7.68. The summed E-state index contributed by atoms with van der Waals surface area (Å²) in [6.07, 6.45) is 1.03. The van der Waals surface area contributed by atoms with Crippen molar-refractivity contribution < 1.29 is 4.74 Å². The van der Waals surface area contributed by atoms with Crippen molar-refractivity contribution in [3.05, 3.63) is 54.6 Å². The predicted octanol–water partition coefficient (Wildman–Crippen LogP) is 3.83. The van der Waals surface area contributed by atoms with E-state index in [0.29, 0.717) is 0 Å². The van der Waals surface area contributed by atoms with Gasteiger partial charge in [-0.3, -0.25) is 4.31 Å². The lowest BCUT2D eigenvalue weighted by molar-refractivity contribution is 0.141. The Morgan fingerprint density at radius 3 is 2.48 bits per heavy atom. The first-order chi connectivity index (χ1) is 12.3. The lowest BCUT2D eigenvalue weighted by Crippen LogP contribution is -2.45. The van der Waals surface area contributed by atoms with E-state index in [-0.39, 0.29) is 5.44 Å². The Balaban J connectivity index is 1.46. The second-order valence-corrected chi connectivity index (χ2v) is 7.79. The van der Waals surface area contributed by atoms with Crippen LogP contribution in [0.1, 0.15) is 6.42 Å². The van der Waals surface area contributed by atoms with Gasteiger partial charge in [0.2, 0.25) is 0 Å². The molecule has 4 rings (SSSR count). The first-order valence-electron chi connectivity index (χ1n) is 8.98. The normalized spacial score (nSPS) is 21.6. The van der Waals surface area contributed by atoms with E-state index in [1.54, 1.807) is 11.9 Å². The molecule has 2 aromatic rings. The van der Waals surface area contributed by atoms with Crippen molar-refractivity contribution in [1.29, 1.82) is 0 Å². The summed E-state index contributed by atoms with van der Waals surface area (Å²) in [5, 5.41) is 0. The molecule has 4 nitrogen and oxygen atoms in total. The number of hydrogen-bond donors (Lipinski definition) is 0. The lowest BCUT2D eigenvalue weighted by Gasteiger charge is -2.37. The molecule has 0 spiro atoms. The summed E-state index contributed by atoms with van der Waals surface area (Å²) in [7, 11) is 2.20. The van der Waals surface area contributed by atoms with Gasteiger partial charge in [0.1, 0.15) is 5.75 Å². The van der Waals surface area contributed by atoms with Crippen LogP contribution in [0.4, 0.5) is 11.4 Å². The first-order valence-corrected chi connectivity index (χ1v) is 9.82. The van der Waals surface area contributed by atoms with Crippen molar-refractivity contribution in [3.8, 4) is 5.75 Å². The molecular weight excluding hydrogens is 330 g/mol. The number of anilines is 2. The van der Waals surface area contributed by atoms with Crippen LogP contribution in [0.15, 0.2) is 54.6 Å². The number of piperazine rings is 1. The van der Waals surface area contributed by atoms with E-state index in [0.717, 1.165) is 50.6 Å². The van der Waals surface area contributed by atoms with Gasteiger partial charge in [0, 0.05) is 51.1 Å². The number of ether oxygens (including phenoxy) is 1. The van der Waals surface area contributed by atoms with Gasteiger partial charge in [-0.15, -0.1) is 0 Å². The summed E-state index contributed by atoms with van der Waals surface area (Å²) in [5.41, 5.74) is 2.48. The van der Waals surface area contributed by atoms with Gasteiger partial charge in [-0.25, -0.2) is 0 Å². The van der Waals surface area contributed by atoms with Crippen LogP contribution in [0.2, 0.25) is 0 Å². The Labute approximate surface area is 154 Å². The molecule has 0 N–H and O–H groups in total. The molecule has 2 heterocycles. The zero-order chi connectivity index (χ0) is 17.1. The summed E-state index contributed by atoms with van der Waals surface area (Å²) in [4.78, 5) is 4.95. The standard InChI is InChI=1S/C20H25N3OS/c1-21-13-15-22(16-14-21)12-11-20-24-19-10-6-5-9-18(19)23(25-20)17-7-3-2-4-8-17/h2-10,20H,11-16H2,1H3. The Hall–Kier alpha value is -1.69. The van der Waals surface area contributed by atoms with Gasteiger partial charge in [0.15, 0.2) is 5.44 Å². The highest BCUT2D eigenvalue weighted by atomic mass is 32.2. The molecule has 1 saturated heterocycles. The second-order valence-electron chi connectivity index (χ2n) is 6.68. The van der Waals surface area contributed by atoms with Gasteiger partial charge in [-0.1, -0.05) is 30.3 Å². The SMILES string of the molecule is CN1CCN(CCC2Oc3ccccc3N(c3ccccc3)S2)CC1. The number of fused-ring (bicyclic) bond motifs is 1. The summed E-state index contributed by atoms with van der Waals surface area (Å²) >= 11 is 1.79. The minimum Gasteiger partial charge on any atom is -0.476 e. The lowest BCUT2D eigenvalue weighted by atomic mass is 10.2. The van der Waals surface area contributed by atoms with E-state index in [1.807, 2.05) is 0 Å². The molecule has 1 unspecified atom stereocenters. The minimum absolute atomic E-state index is 0.148. The fourth-order valence-corrected chi connectivity index (χ4v) is 4.40. The summed E-state index contributed by atoms with van der Waals surface area (Å²) in [6.45, 7) is 5.74. The van der Waals surface area contributed by atoms with E-state index >= 15 is 0 Å². The van der Waals surface area contributed by atoms with Crippen LogP contribution < -0.4 is 9.04 Å². The van der Waals surface area contributed by atoms with Gasteiger partial charge >= 0.3 is 0 Å². The van der Waals surface area contributed by atoms with E-state index in [1.165, 1.54) is 5.69 Å². The number of rotatable bonds is 4. The summed E-state index contributed by atoms with van der Waals surface area (Å²) in [6, 6.07) is 18.9. The number of para-hydroxylation sites is 3. The molecule has 0 amide bonds. The molecule has 2 aromatic carbocycles. The van der Waals surface area contributed by atoms with Crippen molar-refractivity contribution in [1.82, 2.24) is 9.80 Å². The maximum absolute atomic E-state index is 6.28. The molecule has 5 heteroatoms. The highest BCUT2D eigenvalue weighted by molar-refractivity contribution is 8.01. The van der Waals surface area contributed by atoms with Crippen LogP contribution >= 0.6 is 11.9 Å². The molecule has 2 aliphatic rings. The molecule has 0 saturated carbocycles. The van der Waals surface area contributed by atoms with E-state index in [9.17, 15) is 0 Å².